The van der Waals surface area contributed by atoms with Gasteiger partial charge < -0.3 is 10.1 Å². The van der Waals surface area contributed by atoms with Crippen LogP contribution >= 0.6 is 0 Å². The molecule has 1 atom stereocenters. The molecule has 2 aromatic carbocycles. The summed E-state index contributed by atoms with van der Waals surface area (Å²) in [5.74, 6) is 1.03. The molecule has 1 fully saturated rings. The Morgan fingerprint density at radius 2 is 1.94 bits per heavy atom. The van der Waals surface area contributed by atoms with Gasteiger partial charge in [0.1, 0.15) is 17.3 Å². The molecule has 0 aliphatic heterocycles. The van der Waals surface area contributed by atoms with Crippen molar-refractivity contribution in [2.75, 3.05) is 12.4 Å². The molecule has 0 unspecified atom stereocenters. The number of pyridine rings is 1. The number of halogens is 1. The summed E-state index contributed by atoms with van der Waals surface area (Å²) in [7, 11) is 1.61. The Morgan fingerprint density at radius 3 is 2.71 bits per heavy atom. The predicted octanol–water partition coefficient (Wildman–Crippen LogP) is 5.72. The molecule has 6 heteroatoms. The fourth-order valence-electron chi connectivity index (χ4n) is 3.98. The van der Waals surface area contributed by atoms with Crippen LogP contribution in [0.5, 0.6) is 5.75 Å². The second-order valence-electron chi connectivity index (χ2n) is 8.01. The number of ether oxygens (including phenoxy) is 1. The summed E-state index contributed by atoms with van der Waals surface area (Å²) in [5.41, 5.74) is 4.64. The molecule has 1 aliphatic carbocycles. The van der Waals surface area contributed by atoms with Crippen LogP contribution in [0.1, 0.15) is 19.8 Å². The molecule has 0 amide bonds. The van der Waals surface area contributed by atoms with E-state index in [0.717, 1.165) is 33.6 Å². The maximum absolute atomic E-state index is 14.2. The smallest absolute Gasteiger partial charge is 0.149 e. The molecule has 31 heavy (non-hydrogen) atoms. The monoisotopic (exact) mass is 414 g/mol. The molecule has 1 N–H and O–H groups in total. The summed E-state index contributed by atoms with van der Waals surface area (Å²) in [6.45, 7) is 2.22. The van der Waals surface area contributed by atoms with Crippen molar-refractivity contribution in [2.45, 2.75) is 25.8 Å². The number of aromatic nitrogens is 3. The Balaban J connectivity index is 1.52. The van der Waals surface area contributed by atoms with Crippen molar-refractivity contribution < 1.29 is 9.13 Å². The lowest BCUT2D eigenvalue weighted by Crippen LogP contribution is -2.17. The van der Waals surface area contributed by atoms with Gasteiger partial charge in [-0.1, -0.05) is 12.1 Å². The Bertz CT molecular complexity index is 1260. The summed E-state index contributed by atoms with van der Waals surface area (Å²) >= 11 is 0. The average molecular weight is 414 g/mol. The molecule has 2 aromatic heterocycles. The van der Waals surface area contributed by atoms with Gasteiger partial charge in [0.25, 0.3) is 0 Å². The van der Waals surface area contributed by atoms with Crippen LogP contribution in [0, 0.1) is 11.7 Å². The van der Waals surface area contributed by atoms with Gasteiger partial charge in [0, 0.05) is 28.8 Å². The Morgan fingerprint density at radius 1 is 1.10 bits per heavy atom. The Labute approximate surface area is 180 Å². The van der Waals surface area contributed by atoms with E-state index in [9.17, 15) is 4.39 Å². The summed E-state index contributed by atoms with van der Waals surface area (Å²) in [6, 6.07) is 15.1. The zero-order valence-electron chi connectivity index (χ0n) is 17.5. The zero-order valence-corrected chi connectivity index (χ0v) is 17.5. The van der Waals surface area contributed by atoms with E-state index in [0.29, 0.717) is 23.0 Å². The third kappa shape index (κ3) is 3.81. The van der Waals surface area contributed by atoms with Crippen LogP contribution in [0.2, 0.25) is 0 Å². The number of fused-ring (bicyclic) bond motifs is 1. The van der Waals surface area contributed by atoms with E-state index < -0.39 is 0 Å². The summed E-state index contributed by atoms with van der Waals surface area (Å²) in [6.07, 6.45) is 5.94. The van der Waals surface area contributed by atoms with Crippen LogP contribution in [0.15, 0.2) is 60.9 Å². The lowest BCUT2D eigenvalue weighted by molar-refractivity contribution is 0.416. The first kappa shape index (κ1) is 19.4. The molecule has 1 saturated carbocycles. The van der Waals surface area contributed by atoms with Crippen molar-refractivity contribution in [1.29, 1.82) is 0 Å². The van der Waals surface area contributed by atoms with Gasteiger partial charge in [0.2, 0.25) is 0 Å². The van der Waals surface area contributed by atoms with Crippen molar-refractivity contribution in [2.24, 2.45) is 5.92 Å². The highest BCUT2D eigenvalue weighted by atomic mass is 19.1. The van der Waals surface area contributed by atoms with Gasteiger partial charge in [-0.3, -0.25) is 4.98 Å². The molecule has 156 valence electrons. The fraction of sp³-hybridized carbons (Fsp3) is 0.240. The van der Waals surface area contributed by atoms with E-state index in [1.165, 1.54) is 18.9 Å². The SMILES string of the molecule is COc1cc(-c2ncccc2F)ccc1-c1ccc2c(N[C@H](C)C3CC3)cnnc2c1. The minimum Gasteiger partial charge on any atom is -0.496 e. The predicted molar refractivity (Wildman–Crippen MR) is 121 cm³/mol. The second kappa shape index (κ2) is 7.95. The molecule has 5 nitrogen and oxygen atoms in total. The third-order valence-corrected chi connectivity index (χ3v) is 5.90. The lowest BCUT2D eigenvalue weighted by Gasteiger charge is -2.16. The third-order valence-electron chi connectivity index (χ3n) is 5.90. The molecule has 0 saturated heterocycles. The zero-order chi connectivity index (χ0) is 21.4. The highest BCUT2D eigenvalue weighted by Crippen LogP contribution is 2.37. The Kier molecular flexibility index (Phi) is 4.98. The van der Waals surface area contributed by atoms with Crippen molar-refractivity contribution in [3.63, 3.8) is 0 Å². The number of hydrogen-bond acceptors (Lipinski definition) is 5. The fourth-order valence-corrected chi connectivity index (χ4v) is 3.98. The maximum atomic E-state index is 14.2. The molecule has 0 spiro atoms. The largest absolute Gasteiger partial charge is 0.496 e. The standard InChI is InChI=1S/C25H23FN4O/c1-15(16-5-6-16)29-23-14-28-30-22-12-17(7-10-20(22)23)19-9-8-18(13-24(19)31-2)25-21(26)4-3-11-27-25/h3-4,7-16H,5-6H2,1-2H3,(H,29,30)/t15-/m1/s1. The molecule has 0 bridgehead atoms. The van der Waals surface area contributed by atoms with E-state index >= 15 is 0 Å². The second-order valence-corrected chi connectivity index (χ2v) is 8.01. The van der Waals surface area contributed by atoms with Crippen molar-refractivity contribution in [1.82, 2.24) is 15.2 Å². The van der Waals surface area contributed by atoms with E-state index in [4.69, 9.17) is 4.74 Å². The molecule has 5 rings (SSSR count). The van der Waals surface area contributed by atoms with Crippen molar-refractivity contribution in [3.05, 3.63) is 66.7 Å². The topological polar surface area (TPSA) is 59.9 Å². The van der Waals surface area contributed by atoms with Crippen molar-refractivity contribution in [3.8, 4) is 28.1 Å². The molecular formula is C25H23FN4O. The molecule has 4 aromatic rings. The minimum atomic E-state index is -0.362. The molecular weight excluding hydrogens is 391 g/mol. The van der Waals surface area contributed by atoms with E-state index in [-0.39, 0.29) is 5.82 Å². The van der Waals surface area contributed by atoms with Crippen LogP contribution < -0.4 is 10.1 Å². The summed E-state index contributed by atoms with van der Waals surface area (Å²) in [4.78, 5) is 4.16. The number of nitrogens with one attached hydrogen (secondary N) is 1. The quantitative estimate of drug-likeness (QED) is 0.437. The Hall–Kier alpha value is -3.54. The number of rotatable bonds is 6. The van der Waals surface area contributed by atoms with Gasteiger partial charge in [-0.05, 0) is 67.6 Å². The number of hydrogen-bond donors (Lipinski definition) is 1. The number of benzene rings is 2. The number of nitrogens with zero attached hydrogens (tertiary/aromatic N) is 3. The number of methoxy groups -OCH3 is 1. The highest BCUT2D eigenvalue weighted by Gasteiger charge is 2.28. The van der Waals surface area contributed by atoms with Crippen LogP contribution in [0.4, 0.5) is 10.1 Å². The van der Waals surface area contributed by atoms with Gasteiger partial charge in [-0.25, -0.2) is 4.39 Å². The highest BCUT2D eigenvalue weighted by molar-refractivity contribution is 5.94. The van der Waals surface area contributed by atoms with E-state index in [1.807, 2.05) is 24.3 Å². The molecule has 1 aliphatic rings. The first-order valence-corrected chi connectivity index (χ1v) is 10.5. The van der Waals surface area contributed by atoms with Crippen LogP contribution in [-0.2, 0) is 0 Å². The van der Waals surface area contributed by atoms with E-state index in [2.05, 4.69) is 39.6 Å². The van der Waals surface area contributed by atoms with Gasteiger partial charge >= 0.3 is 0 Å². The van der Waals surface area contributed by atoms with Crippen LogP contribution in [0.3, 0.4) is 0 Å². The minimum absolute atomic E-state index is 0.303. The lowest BCUT2D eigenvalue weighted by atomic mass is 9.99. The summed E-state index contributed by atoms with van der Waals surface area (Å²) < 4.78 is 19.8. The molecule has 0 radical (unpaired) electrons. The molecule has 2 heterocycles. The summed E-state index contributed by atoms with van der Waals surface area (Å²) in [5, 5.41) is 13.2. The first-order valence-electron chi connectivity index (χ1n) is 10.5. The van der Waals surface area contributed by atoms with Gasteiger partial charge in [-0.15, -0.1) is 0 Å². The normalized spacial score (nSPS) is 14.4. The van der Waals surface area contributed by atoms with Crippen LogP contribution in [0.25, 0.3) is 33.3 Å². The number of anilines is 1. The maximum Gasteiger partial charge on any atom is 0.149 e. The van der Waals surface area contributed by atoms with Gasteiger partial charge in [0.15, 0.2) is 0 Å². The van der Waals surface area contributed by atoms with Crippen molar-refractivity contribution >= 4 is 16.6 Å². The average Bonchev–Trinajstić information content (AvgIpc) is 3.64. The van der Waals surface area contributed by atoms with E-state index in [1.54, 1.807) is 25.6 Å². The van der Waals surface area contributed by atoms with Gasteiger partial charge in [0.05, 0.1) is 24.5 Å². The van der Waals surface area contributed by atoms with Crippen LogP contribution in [-0.4, -0.2) is 28.3 Å². The first-order chi connectivity index (χ1) is 15.1. The van der Waals surface area contributed by atoms with Gasteiger partial charge in [-0.2, -0.15) is 10.2 Å².